The van der Waals surface area contributed by atoms with Crippen molar-refractivity contribution in [1.29, 1.82) is 0 Å². The predicted molar refractivity (Wildman–Crippen MR) is 131 cm³/mol. The van der Waals surface area contributed by atoms with Crippen LogP contribution in [-0.2, 0) is 21.3 Å². The van der Waals surface area contributed by atoms with Gasteiger partial charge in [0, 0.05) is 0 Å². The average molecular weight is 511 g/mol. The van der Waals surface area contributed by atoms with E-state index in [0.717, 1.165) is 6.42 Å². The van der Waals surface area contributed by atoms with Crippen molar-refractivity contribution in [3.63, 3.8) is 0 Å². The van der Waals surface area contributed by atoms with E-state index < -0.39 is 21.3 Å². The van der Waals surface area contributed by atoms with Gasteiger partial charge in [0.05, 0.1) is 0 Å². The number of halogens is 2. The van der Waals surface area contributed by atoms with Gasteiger partial charge in [-0.1, -0.05) is 0 Å². The van der Waals surface area contributed by atoms with Gasteiger partial charge in [-0.2, -0.15) is 0 Å². The van der Waals surface area contributed by atoms with Gasteiger partial charge in [-0.3, -0.25) is 0 Å². The first kappa shape index (κ1) is 22.9. The van der Waals surface area contributed by atoms with Gasteiger partial charge in [-0.05, 0) is 0 Å². The third-order valence-corrected chi connectivity index (χ3v) is 13.7. The zero-order valence-corrected chi connectivity index (χ0v) is 20.7. The number of fused-ring (bicyclic) bond motifs is 1. The van der Waals surface area contributed by atoms with Crippen LogP contribution in [0.4, 0.5) is 0 Å². The molecule has 3 heteroatoms. The summed E-state index contributed by atoms with van der Waals surface area (Å²) in [6, 6.07) is 31.1. The van der Waals surface area contributed by atoms with Crippen molar-refractivity contribution in [3.8, 4) is 0 Å². The molecule has 0 bridgehead atoms. The largest absolute Gasteiger partial charge is 0.147 e. The normalized spacial score (nSPS) is 15.6. The third kappa shape index (κ3) is 4.45. The van der Waals surface area contributed by atoms with Gasteiger partial charge >= 0.3 is 175 Å². The number of rotatable bonds is 4. The van der Waals surface area contributed by atoms with E-state index in [1.165, 1.54) is 22.3 Å². The minimum absolute atomic E-state index is 0. The fourth-order valence-corrected chi connectivity index (χ4v) is 12.9. The molecular formula is C27H24Cl2Zr. The molecule has 150 valence electrons. The van der Waals surface area contributed by atoms with Crippen molar-refractivity contribution in [3.05, 3.63) is 135 Å². The molecule has 2 aliphatic rings. The summed E-state index contributed by atoms with van der Waals surface area (Å²) in [6.07, 6.45) is 12.9. The maximum Gasteiger partial charge on any atom is -0.147 e. The zero-order valence-electron chi connectivity index (χ0n) is 16.6. The van der Waals surface area contributed by atoms with Gasteiger partial charge in [-0.15, -0.1) is 24.8 Å². The fraction of sp³-hybridized carbons (Fsp3) is 0.0741. The van der Waals surface area contributed by atoms with Crippen molar-refractivity contribution in [1.82, 2.24) is 0 Å². The van der Waals surface area contributed by atoms with Gasteiger partial charge in [0.2, 0.25) is 0 Å². The average Bonchev–Trinajstić information content (AvgIpc) is 3.44. The SMILES string of the molecule is C1=CC[C]([Zr](=[C](c2ccccc2)c2ccccc2)[CH]2C=Cc3ccccc32)=C1.Cl.Cl. The van der Waals surface area contributed by atoms with Crippen molar-refractivity contribution >= 4 is 34.1 Å². The van der Waals surface area contributed by atoms with Crippen LogP contribution >= 0.6 is 24.8 Å². The first-order chi connectivity index (χ1) is 13.9. The van der Waals surface area contributed by atoms with Crippen LogP contribution in [0.3, 0.4) is 0 Å². The molecule has 0 aliphatic heterocycles. The molecule has 5 rings (SSSR count). The fourth-order valence-electron chi connectivity index (χ4n) is 4.35. The Kier molecular flexibility index (Phi) is 8.01. The first-order valence-corrected chi connectivity index (χ1v) is 13.8. The first-order valence-electron chi connectivity index (χ1n) is 9.90. The molecule has 0 saturated heterocycles. The second-order valence-electron chi connectivity index (χ2n) is 7.31. The Hall–Kier alpha value is -1.79. The molecule has 1 atom stereocenters. The van der Waals surface area contributed by atoms with Crippen molar-refractivity contribution in [2.24, 2.45) is 0 Å². The molecular weight excluding hydrogens is 486 g/mol. The Balaban J connectivity index is 0.00000128. The Labute approximate surface area is 199 Å². The second kappa shape index (κ2) is 10.5. The molecule has 0 saturated carbocycles. The van der Waals surface area contributed by atoms with E-state index in [1.54, 1.807) is 6.49 Å². The molecule has 30 heavy (non-hydrogen) atoms. The predicted octanol–water partition coefficient (Wildman–Crippen LogP) is 7.33. The van der Waals surface area contributed by atoms with Gasteiger partial charge in [0.25, 0.3) is 0 Å². The molecule has 0 heterocycles. The minimum atomic E-state index is -2.28. The molecule has 0 spiro atoms. The van der Waals surface area contributed by atoms with Crippen LogP contribution in [0.25, 0.3) is 6.08 Å². The van der Waals surface area contributed by atoms with Crippen molar-refractivity contribution in [2.45, 2.75) is 10.0 Å². The molecule has 0 aromatic heterocycles. The summed E-state index contributed by atoms with van der Waals surface area (Å²) >= 11 is -2.28. The summed E-state index contributed by atoms with van der Waals surface area (Å²) in [5.41, 5.74) is 5.72. The van der Waals surface area contributed by atoms with E-state index in [2.05, 4.69) is 115 Å². The third-order valence-electron chi connectivity index (χ3n) is 5.62. The van der Waals surface area contributed by atoms with Crippen molar-refractivity contribution < 1.29 is 21.3 Å². The molecule has 1 unspecified atom stereocenters. The van der Waals surface area contributed by atoms with Gasteiger partial charge in [0.15, 0.2) is 0 Å². The Morgan fingerprint density at radius 1 is 0.733 bits per heavy atom. The van der Waals surface area contributed by atoms with E-state index in [0.29, 0.717) is 3.63 Å². The number of hydrogen-bond donors (Lipinski definition) is 0. The summed E-state index contributed by atoms with van der Waals surface area (Å²) in [6.45, 7) is 0. The summed E-state index contributed by atoms with van der Waals surface area (Å²) in [7, 11) is 0. The van der Waals surface area contributed by atoms with Crippen LogP contribution in [0.2, 0.25) is 0 Å². The minimum Gasteiger partial charge on any atom is -0.147 e. The maximum atomic E-state index is 2.49. The standard InChI is InChI=1S/C13H10.C9H7.C5H5.2ClH.Zr/c1-3-7-12(8-4-1)11-13-9-5-2-6-10-13;1-2-5-9-7-3-6-8(9)4-1;1-2-4-5-3-1;;;/h1-10H;1-7H;1-3H,4H2;2*1H;. The number of allylic oxidation sites excluding steroid dienone is 5. The molecule has 0 fully saturated rings. The van der Waals surface area contributed by atoms with Crippen LogP contribution in [0, 0.1) is 0 Å². The topological polar surface area (TPSA) is 0 Å². The quantitative estimate of drug-likeness (QED) is 0.345. The zero-order chi connectivity index (χ0) is 18.8. The van der Waals surface area contributed by atoms with E-state index in [1.807, 2.05) is 0 Å². The van der Waals surface area contributed by atoms with E-state index in [9.17, 15) is 0 Å². The molecule has 0 nitrogen and oxygen atoms in total. The summed E-state index contributed by atoms with van der Waals surface area (Å²) in [4.78, 5) is 0. The van der Waals surface area contributed by atoms with E-state index >= 15 is 0 Å². The van der Waals surface area contributed by atoms with Crippen LogP contribution < -0.4 is 0 Å². The summed E-state index contributed by atoms with van der Waals surface area (Å²) in [5, 5.41) is 0. The van der Waals surface area contributed by atoms with Crippen molar-refractivity contribution in [2.75, 3.05) is 0 Å². The van der Waals surface area contributed by atoms with Crippen LogP contribution in [0.1, 0.15) is 32.3 Å². The molecule has 2 aliphatic carbocycles. The van der Waals surface area contributed by atoms with Crippen LogP contribution in [0.15, 0.2) is 113 Å². The molecule has 3 aromatic rings. The van der Waals surface area contributed by atoms with E-state index in [-0.39, 0.29) is 24.8 Å². The second-order valence-corrected chi connectivity index (χ2v) is 13.7. The van der Waals surface area contributed by atoms with Gasteiger partial charge in [-0.25, -0.2) is 0 Å². The Morgan fingerprint density at radius 2 is 1.33 bits per heavy atom. The van der Waals surface area contributed by atoms with Crippen LogP contribution in [-0.4, -0.2) is 3.21 Å². The number of benzene rings is 3. The summed E-state index contributed by atoms with van der Waals surface area (Å²) in [5.74, 6) is 0. The molecule has 0 N–H and O–H groups in total. The molecule has 3 aromatic carbocycles. The Bertz CT molecular complexity index is 1080. The molecule has 0 amide bonds. The molecule has 0 radical (unpaired) electrons. The van der Waals surface area contributed by atoms with Crippen LogP contribution in [0.5, 0.6) is 0 Å². The summed E-state index contributed by atoms with van der Waals surface area (Å²) < 4.78 is 3.86. The number of hydrogen-bond acceptors (Lipinski definition) is 0. The van der Waals surface area contributed by atoms with E-state index in [4.69, 9.17) is 0 Å². The smallest absolute Gasteiger partial charge is 0.147 e. The Morgan fingerprint density at radius 3 is 1.93 bits per heavy atom. The monoisotopic (exact) mass is 508 g/mol. The maximum absolute atomic E-state index is 2.49. The van der Waals surface area contributed by atoms with Gasteiger partial charge < -0.3 is 0 Å². The van der Waals surface area contributed by atoms with Gasteiger partial charge in [0.1, 0.15) is 0 Å².